The van der Waals surface area contributed by atoms with Gasteiger partial charge in [-0.25, -0.2) is 0 Å². The van der Waals surface area contributed by atoms with Crippen molar-refractivity contribution in [1.29, 1.82) is 0 Å². The van der Waals surface area contributed by atoms with Crippen molar-refractivity contribution in [2.45, 2.75) is 38.8 Å². The van der Waals surface area contributed by atoms with Gasteiger partial charge in [0.25, 0.3) is 0 Å². The molecule has 0 saturated heterocycles. The van der Waals surface area contributed by atoms with E-state index in [0.717, 1.165) is 18.7 Å². The molecule has 1 aliphatic rings. The van der Waals surface area contributed by atoms with E-state index in [1.807, 2.05) is 6.07 Å². The SMILES string of the molecule is CCNC1CCc2c(OC(C)c3ccccc3)cccc21. The van der Waals surface area contributed by atoms with Crippen LogP contribution in [0, 0.1) is 0 Å². The zero-order chi connectivity index (χ0) is 14.7. The summed E-state index contributed by atoms with van der Waals surface area (Å²) in [7, 11) is 0. The first-order valence-corrected chi connectivity index (χ1v) is 7.86. The predicted octanol–water partition coefficient (Wildman–Crippen LogP) is 4.42. The molecule has 2 nitrogen and oxygen atoms in total. The summed E-state index contributed by atoms with van der Waals surface area (Å²) >= 11 is 0. The van der Waals surface area contributed by atoms with Crippen molar-refractivity contribution in [1.82, 2.24) is 5.32 Å². The second kappa shape index (κ2) is 6.31. The lowest BCUT2D eigenvalue weighted by Crippen LogP contribution is -2.18. The molecule has 0 fully saturated rings. The minimum atomic E-state index is 0.0795. The molecule has 3 rings (SSSR count). The molecule has 21 heavy (non-hydrogen) atoms. The molecule has 2 atom stereocenters. The summed E-state index contributed by atoms with van der Waals surface area (Å²) in [5.41, 5.74) is 4.01. The van der Waals surface area contributed by atoms with E-state index in [4.69, 9.17) is 4.74 Å². The van der Waals surface area contributed by atoms with Gasteiger partial charge in [0, 0.05) is 6.04 Å². The molecule has 1 N–H and O–H groups in total. The molecule has 0 bridgehead atoms. The Morgan fingerprint density at radius 1 is 1.14 bits per heavy atom. The van der Waals surface area contributed by atoms with Gasteiger partial charge in [0.15, 0.2) is 0 Å². The van der Waals surface area contributed by atoms with Crippen LogP contribution in [0.15, 0.2) is 48.5 Å². The van der Waals surface area contributed by atoms with Crippen LogP contribution < -0.4 is 10.1 Å². The number of hydrogen-bond donors (Lipinski definition) is 1. The molecule has 0 amide bonds. The molecule has 0 radical (unpaired) electrons. The highest BCUT2D eigenvalue weighted by Gasteiger charge is 2.25. The second-order valence-corrected chi connectivity index (χ2v) is 5.64. The molecule has 110 valence electrons. The lowest BCUT2D eigenvalue weighted by Gasteiger charge is -2.18. The Morgan fingerprint density at radius 3 is 2.71 bits per heavy atom. The van der Waals surface area contributed by atoms with E-state index < -0.39 is 0 Å². The quantitative estimate of drug-likeness (QED) is 0.875. The van der Waals surface area contributed by atoms with E-state index in [1.54, 1.807) is 0 Å². The third-order valence-corrected chi connectivity index (χ3v) is 4.25. The third-order valence-electron chi connectivity index (χ3n) is 4.25. The smallest absolute Gasteiger partial charge is 0.123 e. The maximum absolute atomic E-state index is 6.24. The minimum absolute atomic E-state index is 0.0795. The van der Waals surface area contributed by atoms with Gasteiger partial charge in [-0.15, -0.1) is 0 Å². The largest absolute Gasteiger partial charge is 0.486 e. The topological polar surface area (TPSA) is 21.3 Å². The van der Waals surface area contributed by atoms with Crippen LogP contribution in [0.3, 0.4) is 0 Å². The fourth-order valence-corrected chi connectivity index (χ4v) is 3.17. The van der Waals surface area contributed by atoms with E-state index >= 15 is 0 Å². The van der Waals surface area contributed by atoms with Gasteiger partial charge in [0.05, 0.1) is 0 Å². The van der Waals surface area contributed by atoms with Crippen LogP contribution >= 0.6 is 0 Å². The van der Waals surface area contributed by atoms with Gasteiger partial charge < -0.3 is 10.1 Å². The average molecular weight is 281 g/mol. The van der Waals surface area contributed by atoms with E-state index in [2.05, 4.69) is 61.6 Å². The van der Waals surface area contributed by atoms with E-state index in [1.165, 1.54) is 23.1 Å². The van der Waals surface area contributed by atoms with E-state index in [-0.39, 0.29) is 6.10 Å². The highest BCUT2D eigenvalue weighted by molar-refractivity contribution is 5.45. The molecule has 2 aromatic carbocycles. The number of ether oxygens (including phenoxy) is 1. The molecular formula is C19H23NO. The van der Waals surface area contributed by atoms with Crippen molar-refractivity contribution in [3.63, 3.8) is 0 Å². The lowest BCUT2D eigenvalue weighted by atomic mass is 10.1. The van der Waals surface area contributed by atoms with Crippen LogP contribution in [0.25, 0.3) is 0 Å². The normalized spacial score (nSPS) is 18.3. The Balaban J connectivity index is 1.81. The molecule has 1 aliphatic carbocycles. The summed E-state index contributed by atoms with van der Waals surface area (Å²) in [5.74, 6) is 1.05. The fraction of sp³-hybridized carbons (Fsp3) is 0.368. The molecule has 2 aromatic rings. The lowest BCUT2D eigenvalue weighted by molar-refractivity contribution is 0.225. The van der Waals surface area contributed by atoms with Gasteiger partial charge in [0.1, 0.15) is 11.9 Å². The first kappa shape index (κ1) is 14.2. The summed E-state index contributed by atoms with van der Waals surface area (Å²) in [6.07, 6.45) is 2.35. The fourth-order valence-electron chi connectivity index (χ4n) is 3.17. The van der Waals surface area contributed by atoms with Gasteiger partial charge in [-0.2, -0.15) is 0 Å². The Labute approximate surface area is 127 Å². The van der Waals surface area contributed by atoms with Crippen molar-refractivity contribution in [3.8, 4) is 5.75 Å². The Kier molecular flexibility index (Phi) is 4.26. The Bertz CT molecular complexity index is 594. The summed E-state index contributed by atoms with van der Waals surface area (Å²) < 4.78 is 6.24. The Hall–Kier alpha value is -1.80. The first-order valence-electron chi connectivity index (χ1n) is 7.86. The van der Waals surface area contributed by atoms with Crippen LogP contribution in [0.1, 0.15) is 49.1 Å². The maximum Gasteiger partial charge on any atom is 0.123 e. The van der Waals surface area contributed by atoms with Crippen LogP contribution in [-0.2, 0) is 6.42 Å². The first-order chi connectivity index (χ1) is 10.3. The summed E-state index contributed by atoms with van der Waals surface area (Å²) in [6.45, 7) is 5.29. The monoisotopic (exact) mass is 281 g/mol. The summed E-state index contributed by atoms with van der Waals surface area (Å²) in [4.78, 5) is 0. The van der Waals surface area contributed by atoms with Gasteiger partial charge in [-0.05, 0) is 49.1 Å². The van der Waals surface area contributed by atoms with Gasteiger partial charge in [-0.1, -0.05) is 49.4 Å². The molecular weight excluding hydrogens is 258 g/mol. The van der Waals surface area contributed by atoms with Crippen molar-refractivity contribution < 1.29 is 4.74 Å². The highest BCUT2D eigenvalue weighted by atomic mass is 16.5. The van der Waals surface area contributed by atoms with Crippen LogP contribution in [0.4, 0.5) is 0 Å². The van der Waals surface area contributed by atoms with Crippen molar-refractivity contribution in [3.05, 3.63) is 65.2 Å². The number of rotatable bonds is 5. The predicted molar refractivity (Wildman–Crippen MR) is 86.7 cm³/mol. The van der Waals surface area contributed by atoms with Crippen molar-refractivity contribution in [2.24, 2.45) is 0 Å². The molecule has 0 spiro atoms. The molecule has 0 aromatic heterocycles. The zero-order valence-corrected chi connectivity index (χ0v) is 12.8. The van der Waals surface area contributed by atoms with Crippen LogP contribution in [0.2, 0.25) is 0 Å². The van der Waals surface area contributed by atoms with Crippen molar-refractivity contribution >= 4 is 0 Å². The number of benzene rings is 2. The van der Waals surface area contributed by atoms with Crippen LogP contribution in [-0.4, -0.2) is 6.54 Å². The molecule has 2 heteroatoms. The Morgan fingerprint density at radius 2 is 1.95 bits per heavy atom. The van der Waals surface area contributed by atoms with E-state index in [9.17, 15) is 0 Å². The van der Waals surface area contributed by atoms with Crippen LogP contribution in [0.5, 0.6) is 5.75 Å². The van der Waals surface area contributed by atoms with Crippen molar-refractivity contribution in [2.75, 3.05) is 6.54 Å². The number of fused-ring (bicyclic) bond motifs is 1. The van der Waals surface area contributed by atoms with Gasteiger partial charge >= 0.3 is 0 Å². The standard InChI is InChI=1S/C19H23NO/c1-3-20-18-13-12-17-16(18)10-7-11-19(17)21-14(2)15-8-5-4-6-9-15/h4-11,14,18,20H,3,12-13H2,1-2H3. The molecule has 2 unspecified atom stereocenters. The van der Waals surface area contributed by atoms with E-state index in [0.29, 0.717) is 6.04 Å². The minimum Gasteiger partial charge on any atom is -0.486 e. The highest BCUT2D eigenvalue weighted by Crippen LogP contribution is 2.38. The molecule has 0 saturated carbocycles. The van der Waals surface area contributed by atoms with Gasteiger partial charge in [-0.3, -0.25) is 0 Å². The maximum atomic E-state index is 6.24. The average Bonchev–Trinajstić information content (AvgIpc) is 2.93. The summed E-state index contributed by atoms with van der Waals surface area (Å²) in [6, 6.07) is 17.3. The summed E-state index contributed by atoms with van der Waals surface area (Å²) in [5, 5.41) is 3.56. The zero-order valence-electron chi connectivity index (χ0n) is 12.8. The second-order valence-electron chi connectivity index (χ2n) is 5.64. The third kappa shape index (κ3) is 2.96. The van der Waals surface area contributed by atoms with Gasteiger partial charge in [0.2, 0.25) is 0 Å². The number of nitrogens with one attached hydrogen (secondary N) is 1. The number of hydrogen-bond acceptors (Lipinski definition) is 2. The molecule has 0 aliphatic heterocycles. The molecule has 0 heterocycles.